The van der Waals surface area contributed by atoms with Gasteiger partial charge in [-0.3, -0.25) is 0 Å². The van der Waals surface area contributed by atoms with Gasteiger partial charge in [0.25, 0.3) is 0 Å². The summed E-state index contributed by atoms with van der Waals surface area (Å²) in [6.45, 7) is 5.09. The number of aryl methyl sites for hydroxylation is 2. The first-order valence-corrected chi connectivity index (χ1v) is 8.81. The molecule has 2 aromatic carbocycles. The fourth-order valence-electron chi connectivity index (χ4n) is 4.00. The standard InChI is InChI=1S/C19H20BrNO2/c1-10-7-11(2)17-14(8-10)19-13(5-6-23-19)18(21-17)12-3-4-16(22)15(20)9-12/h3-4,7-9,13,18-19,21-22H,5-6H2,1-2H3/t13-,18+,19-/m0/s1. The minimum Gasteiger partial charge on any atom is -0.507 e. The van der Waals surface area contributed by atoms with E-state index in [4.69, 9.17) is 4.74 Å². The van der Waals surface area contributed by atoms with E-state index in [9.17, 15) is 5.11 Å². The van der Waals surface area contributed by atoms with Crippen molar-refractivity contribution >= 4 is 21.6 Å². The summed E-state index contributed by atoms with van der Waals surface area (Å²) in [6.07, 6.45) is 1.20. The lowest BCUT2D eigenvalue weighted by atomic mass is 9.80. The van der Waals surface area contributed by atoms with Crippen molar-refractivity contribution in [3.63, 3.8) is 0 Å². The molecule has 2 heterocycles. The number of anilines is 1. The summed E-state index contributed by atoms with van der Waals surface area (Å²) in [7, 11) is 0. The van der Waals surface area contributed by atoms with Crippen LogP contribution in [0.1, 0.15) is 40.8 Å². The fraction of sp³-hybridized carbons (Fsp3) is 0.368. The Morgan fingerprint density at radius 2 is 2.04 bits per heavy atom. The van der Waals surface area contributed by atoms with Gasteiger partial charge in [0.1, 0.15) is 5.75 Å². The number of aromatic hydroxyl groups is 1. The molecule has 23 heavy (non-hydrogen) atoms. The Morgan fingerprint density at radius 3 is 2.83 bits per heavy atom. The van der Waals surface area contributed by atoms with Gasteiger partial charge in [-0.2, -0.15) is 0 Å². The lowest BCUT2D eigenvalue weighted by molar-refractivity contribution is 0.0828. The van der Waals surface area contributed by atoms with Gasteiger partial charge in [-0.25, -0.2) is 0 Å². The Hall–Kier alpha value is -1.52. The van der Waals surface area contributed by atoms with Crippen LogP contribution in [-0.2, 0) is 4.74 Å². The summed E-state index contributed by atoms with van der Waals surface area (Å²) in [5, 5.41) is 13.5. The molecule has 0 spiro atoms. The molecular weight excluding hydrogens is 354 g/mol. The van der Waals surface area contributed by atoms with Gasteiger partial charge in [0.15, 0.2) is 0 Å². The molecule has 120 valence electrons. The highest BCUT2D eigenvalue weighted by molar-refractivity contribution is 9.10. The number of hydrogen-bond donors (Lipinski definition) is 2. The Morgan fingerprint density at radius 1 is 1.22 bits per heavy atom. The molecule has 2 aliphatic rings. The van der Waals surface area contributed by atoms with Crippen LogP contribution in [0.2, 0.25) is 0 Å². The second-order valence-electron chi connectivity index (χ2n) is 6.62. The smallest absolute Gasteiger partial charge is 0.129 e. The van der Waals surface area contributed by atoms with Crippen molar-refractivity contribution in [1.82, 2.24) is 0 Å². The number of hydrogen-bond acceptors (Lipinski definition) is 3. The summed E-state index contributed by atoms with van der Waals surface area (Å²) < 4.78 is 6.83. The van der Waals surface area contributed by atoms with Crippen LogP contribution in [0.3, 0.4) is 0 Å². The monoisotopic (exact) mass is 373 g/mol. The Labute approximate surface area is 144 Å². The maximum atomic E-state index is 9.77. The quantitative estimate of drug-likeness (QED) is 0.737. The van der Waals surface area contributed by atoms with Crippen molar-refractivity contribution in [2.45, 2.75) is 32.4 Å². The van der Waals surface area contributed by atoms with Gasteiger partial charge in [-0.15, -0.1) is 0 Å². The van der Waals surface area contributed by atoms with Gasteiger partial charge in [0, 0.05) is 23.8 Å². The van der Waals surface area contributed by atoms with E-state index in [0.29, 0.717) is 5.92 Å². The predicted octanol–water partition coefficient (Wildman–Crippen LogP) is 5.02. The fourth-order valence-corrected chi connectivity index (χ4v) is 4.40. The summed E-state index contributed by atoms with van der Waals surface area (Å²) in [5.74, 6) is 0.691. The molecule has 0 amide bonds. The highest BCUT2D eigenvalue weighted by atomic mass is 79.9. The molecule has 0 aromatic heterocycles. The molecule has 1 fully saturated rings. The Bertz CT molecular complexity index is 774. The van der Waals surface area contributed by atoms with Gasteiger partial charge < -0.3 is 15.2 Å². The largest absolute Gasteiger partial charge is 0.507 e. The number of halogens is 1. The Kier molecular flexibility index (Phi) is 3.62. The molecular formula is C19H20BrNO2. The number of fused-ring (bicyclic) bond motifs is 3. The van der Waals surface area contributed by atoms with Crippen LogP contribution < -0.4 is 5.32 Å². The average Bonchev–Trinajstić information content (AvgIpc) is 2.99. The van der Waals surface area contributed by atoms with Crippen LogP contribution in [0.25, 0.3) is 0 Å². The molecule has 3 nitrogen and oxygen atoms in total. The molecule has 4 rings (SSSR count). The van der Waals surface area contributed by atoms with E-state index in [1.54, 1.807) is 6.07 Å². The molecule has 4 heteroatoms. The maximum Gasteiger partial charge on any atom is 0.129 e. The van der Waals surface area contributed by atoms with Crippen molar-refractivity contribution in [1.29, 1.82) is 0 Å². The number of ether oxygens (including phenoxy) is 1. The molecule has 0 unspecified atom stereocenters. The van der Waals surface area contributed by atoms with Gasteiger partial charge in [-0.05, 0) is 59.5 Å². The van der Waals surface area contributed by atoms with E-state index < -0.39 is 0 Å². The second kappa shape index (κ2) is 5.53. The zero-order valence-corrected chi connectivity index (χ0v) is 14.9. The van der Waals surface area contributed by atoms with Crippen molar-refractivity contribution < 1.29 is 9.84 Å². The van der Waals surface area contributed by atoms with Crippen LogP contribution in [0.5, 0.6) is 5.75 Å². The molecule has 2 N–H and O–H groups in total. The van der Waals surface area contributed by atoms with E-state index in [-0.39, 0.29) is 17.9 Å². The summed E-state index contributed by atoms with van der Waals surface area (Å²) >= 11 is 3.43. The summed E-state index contributed by atoms with van der Waals surface area (Å²) in [4.78, 5) is 0. The molecule has 2 aromatic rings. The Balaban J connectivity index is 1.82. The van der Waals surface area contributed by atoms with Gasteiger partial charge in [0.2, 0.25) is 0 Å². The third kappa shape index (κ3) is 2.45. The maximum absolute atomic E-state index is 9.77. The lowest BCUT2D eigenvalue weighted by Gasteiger charge is -2.37. The van der Waals surface area contributed by atoms with Gasteiger partial charge >= 0.3 is 0 Å². The van der Waals surface area contributed by atoms with Crippen LogP contribution in [0.4, 0.5) is 5.69 Å². The summed E-state index contributed by atoms with van der Waals surface area (Å²) in [6, 6.07) is 10.4. The molecule has 0 aliphatic carbocycles. The van der Waals surface area contributed by atoms with Crippen LogP contribution in [0.15, 0.2) is 34.8 Å². The van der Waals surface area contributed by atoms with Crippen molar-refractivity contribution in [3.8, 4) is 5.75 Å². The topological polar surface area (TPSA) is 41.5 Å². The number of phenols is 1. The van der Waals surface area contributed by atoms with E-state index >= 15 is 0 Å². The predicted molar refractivity (Wildman–Crippen MR) is 94.9 cm³/mol. The third-order valence-electron chi connectivity index (χ3n) is 5.01. The number of benzene rings is 2. The molecule has 1 saturated heterocycles. The van der Waals surface area contributed by atoms with Crippen LogP contribution in [0, 0.1) is 19.8 Å². The molecule has 2 aliphatic heterocycles. The first kappa shape index (κ1) is 15.0. The van der Waals surface area contributed by atoms with Crippen molar-refractivity contribution in [2.24, 2.45) is 5.92 Å². The average molecular weight is 374 g/mol. The van der Waals surface area contributed by atoms with Crippen LogP contribution >= 0.6 is 15.9 Å². The molecule has 0 bridgehead atoms. The molecule has 3 atom stereocenters. The number of rotatable bonds is 1. The highest BCUT2D eigenvalue weighted by Crippen LogP contribution is 2.51. The first-order chi connectivity index (χ1) is 11.0. The minimum absolute atomic E-state index is 0.155. The minimum atomic E-state index is 0.155. The van der Waals surface area contributed by atoms with Crippen molar-refractivity contribution in [2.75, 3.05) is 11.9 Å². The summed E-state index contributed by atoms with van der Waals surface area (Å²) in [5.41, 5.74) is 6.22. The molecule has 0 saturated carbocycles. The van der Waals surface area contributed by atoms with Gasteiger partial charge in [0.05, 0.1) is 16.6 Å². The SMILES string of the molecule is Cc1cc(C)c2c(c1)[C@H]1OCC[C@H]1[C@@H](c1ccc(O)c(Br)c1)N2. The van der Waals surface area contributed by atoms with Gasteiger partial charge in [-0.1, -0.05) is 23.8 Å². The van der Waals surface area contributed by atoms with E-state index in [1.165, 1.54) is 27.9 Å². The second-order valence-corrected chi connectivity index (χ2v) is 7.48. The first-order valence-electron chi connectivity index (χ1n) is 8.02. The number of phenolic OH excluding ortho intramolecular Hbond substituents is 1. The normalized spacial score (nSPS) is 25.6. The highest BCUT2D eigenvalue weighted by Gasteiger charge is 2.42. The third-order valence-corrected chi connectivity index (χ3v) is 5.65. The lowest BCUT2D eigenvalue weighted by Crippen LogP contribution is -2.29. The van der Waals surface area contributed by atoms with Crippen LogP contribution in [-0.4, -0.2) is 11.7 Å². The van der Waals surface area contributed by atoms with Crippen molar-refractivity contribution in [3.05, 3.63) is 57.1 Å². The molecule has 0 radical (unpaired) electrons. The zero-order chi connectivity index (χ0) is 16.1. The number of nitrogens with one attached hydrogen (secondary N) is 1. The van der Waals surface area contributed by atoms with E-state index in [2.05, 4.69) is 47.2 Å². The zero-order valence-electron chi connectivity index (χ0n) is 13.3. The van der Waals surface area contributed by atoms with E-state index in [1.807, 2.05) is 12.1 Å². The van der Waals surface area contributed by atoms with E-state index in [0.717, 1.165) is 17.5 Å².